The molecule has 6 nitrogen and oxygen atoms in total. The molecule has 6 heteroatoms. The van der Waals surface area contributed by atoms with Gasteiger partial charge in [-0.1, -0.05) is 244 Å². The second-order valence-corrected chi connectivity index (χ2v) is 18.6. The number of carbonyl (C=O) groups excluding carboxylic acids is 3. The molecule has 0 aromatic heterocycles. The van der Waals surface area contributed by atoms with Gasteiger partial charge in [0.05, 0.1) is 0 Å². The van der Waals surface area contributed by atoms with E-state index in [2.05, 4.69) is 130 Å². The minimum atomic E-state index is -0.815. The van der Waals surface area contributed by atoms with Gasteiger partial charge in [0.25, 0.3) is 0 Å². The Morgan fingerprint density at radius 2 is 0.634 bits per heavy atom. The van der Waals surface area contributed by atoms with Crippen molar-refractivity contribution in [2.45, 2.75) is 245 Å². The number of carbonyl (C=O) groups is 3. The van der Waals surface area contributed by atoms with Gasteiger partial charge >= 0.3 is 17.9 Å². The Bertz CT molecular complexity index is 1550. The Morgan fingerprint density at radius 1 is 0.310 bits per heavy atom. The van der Waals surface area contributed by atoms with Gasteiger partial charge in [-0.25, -0.2) is 0 Å². The van der Waals surface area contributed by atoms with Crippen LogP contribution in [0, 0.1) is 0 Å². The molecule has 0 fully saturated rings. The Labute approximate surface area is 436 Å². The third kappa shape index (κ3) is 56.3. The summed E-state index contributed by atoms with van der Waals surface area (Å²) in [4.78, 5) is 38.2. The van der Waals surface area contributed by atoms with E-state index in [0.29, 0.717) is 12.8 Å². The monoisotopic (exact) mass is 981 g/mol. The van der Waals surface area contributed by atoms with E-state index in [1.54, 1.807) is 0 Å². The van der Waals surface area contributed by atoms with Gasteiger partial charge < -0.3 is 14.2 Å². The van der Waals surface area contributed by atoms with Crippen LogP contribution in [0.4, 0.5) is 0 Å². The first-order valence-electron chi connectivity index (χ1n) is 28.8. The average molecular weight is 982 g/mol. The summed E-state index contributed by atoms with van der Waals surface area (Å²) in [6.45, 7) is 6.37. The minimum Gasteiger partial charge on any atom is -0.462 e. The maximum atomic E-state index is 12.9. The van der Waals surface area contributed by atoms with Crippen molar-refractivity contribution < 1.29 is 28.6 Å². The topological polar surface area (TPSA) is 78.9 Å². The quantitative estimate of drug-likeness (QED) is 0.0199. The summed E-state index contributed by atoms with van der Waals surface area (Å²) in [5.74, 6) is -0.978. The molecule has 0 bridgehead atoms. The molecule has 0 rings (SSSR count). The van der Waals surface area contributed by atoms with E-state index in [1.807, 2.05) is 24.3 Å². The van der Waals surface area contributed by atoms with Crippen LogP contribution in [-0.2, 0) is 28.6 Å². The summed E-state index contributed by atoms with van der Waals surface area (Å²) in [6.07, 6.45) is 81.4. The lowest BCUT2D eigenvalue weighted by Gasteiger charge is -2.18. The molecule has 0 aliphatic heterocycles. The third-order valence-corrected chi connectivity index (χ3v) is 11.7. The van der Waals surface area contributed by atoms with E-state index in [1.165, 1.54) is 64.2 Å². The summed E-state index contributed by atoms with van der Waals surface area (Å²) in [7, 11) is 0. The fraction of sp³-hybridized carbons (Fsp3) is 0.615. The van der Waals surface area contributed by atoms with Crippen molar-refractivity contribution >= 4 is 17.9 Å². The number of hydrogen-bond donors (Lipinski definition) is 0. The van der Waals surface area contributed by atoms with Crippen LogP contribution in [0.15, 0.2) is 134 Å². The average Bonchev–Trinajstić information content (AvgIpc) is 3.37. The zero-order chi connectivity index (χ0) is 51.4. The maximum absolute atomic E-state index is 12.9. The normalized spacial score (nSPS) is 13.1. The fourth-order valence-corrected chi connectivity index (χ4v) is 7.43. The van der Waals surface area contributed by atoms with Crippen molar-refractivity contribution in [2.24, 2.45) is 0 Å². The summed E-state index contributed by atoms with van der Waals surface area (Å²) >= 11 is 0. The van der Waals surface area contributed by atoms with Crippen LogP contribution < -0.4 is 0 Å². The van der Waals surface area contributed by atoms with E-state index < -0.39 is 6.10 Å². The SMILES string of the molecule is CC/C=C\C/C=C\C/C=C\C/C=C\C/C=C\CCCCCC(=O)OCC(COC(=O)CCCCCCC/C=C\CCCCCCCCC)OC(=O)CCCCCCC\C=C/C=C\C=C/C=C\C=C/CCC. The van der Waals surface area contributed by atoms with Crippen molar-refractivity contribution in [1.29, 1.82) is 0 Å². The Kier molecular flexibility index (Phi) is 54.5. The van der Waals surface area contributed by atoms with E-state index in [0.717, 1.165) is 135 Å². The first-order chi connectivity index (χ1) is 35.0. The molecule has 1 atom stereocenters. The lowest BCUT2D eigenvalue weighted by Crippen LogP contribution is -2.30. The molecule has 1 unspecified atom stereocenters. The molecule has 0 aliphatic carbocycles. The fourth-order valence-electron chi connectivity index (χ4n) is 7.43. The zero-order valence-electron chi connectivity index (χ0n) is 45.7. The number of ether oxygens (including phenoxy) is 3. The summed E-state index contributed by atoms with van der Waals surface area (Å²) < 4.78 is 16.8. The molecule has 0 aliphatic rings. The van der Waals surface area contributed by atoms with Gasteiger partial charge in [-0.15, -0.1) is 0 Å². The highest BCUT2D eigenvalue weighted by atomic mass is 16.6. The Hall–Kier alpha value is -4.45. The lowest BCUT2D eigenvalue weighted by molar-refractivity contribution is -0.167. The molecular formula is C65H104O6. The molecule has 0 N–H and O–H groups in total. The van der Waals surface area contributed by atoms with Gasteiger partial charge in [0.2, 0.25) is 0 Å². The molecule has 0 heterocycles. The molecule has 0 aromatic carbocycles. The van der Waals surface area contributed by atoms with Crippen molar-refractivity contribution in [2.75, 3.05) is 13.2 Å². The van der Waals surface area contributed by atoms with Crippen molar-refractivity contribution in [1.82, 2.24) is 0 Å². The van der Waals surface area contributed by atoms with E-state index in [9.17, 15) is 14.4 Å². The van der Waals surface area contributed by atoms with Crippen LogP contribution in [0.5, 0.6) is 0 Å². The molecule has 71 heavy (non-hydrogen) atoms. The van der Waals surface area contributed by atoms with Gasteiger partial charge in [-0.2, -0.15) is 0 Å². The highest BCUT2D eigenvalue weighted by Gasteiger charge is 2.19. The molecular weight excluding hydrogens is 877 g/mol. The predicted molar refractivity (Wildman–Crippen MR) is 306 cm³/mol. The van der Waals surface area contributed by atoms with Crippen molar-refractivity contribution in [3.63, 3.8) is 0 Å². The van der Waals surface area contributed by atoms with Gasteiger partial charge in [0.1, 0.15) is 13.2 Å². The van der Waals surface area contributed by atoms with Gasteiger partial charge in [-0.05, 0) is 109 Å². The summed E-state index contributed by atoms with van der Waals surface area (Å²) in [5.41, 5.74) is 0. The molecule has 0 aromatic rings. The largest absolute Gasteiger partial charge is 0.462 e. The van der Waals surface area contributed by atoms with Crippen LogP contribution in [0.1, 0.15) is 239 Å². The molecule has 0 saturated carbocycles. The Morgan fingerprint density at radius 3 is 1.07 bits per heavy atom. The van der Waals surface area contributed by atoms with E-state index in [-0.39, 0.29) is 37.5 Å². The molecule has 400 valence electrons. The van der Waals surface area contributed by atoms with Crippen LogP contribution in [0.2, 0.25) is 0 Å². The van der Waals surface area contributed by atoms with E-state index >= 15 is 0 Å². The molecule has 0 amide bonds. The molecule has 0 saturated heterocycles. The predicted octanol–water partition coefficient (Wildman–Crippen LogP) is 19.4. The van der Waals surface area contributed by atoms with Gasteiger partial charge in [-0.3, -0.25) is 14.4 Å². The number of rotatable bonds is 50. The highest BCUT2D eigenvalue weighted by molar-refractivity contribution is 5.71. The minimum absolute atomic E-state index is 0.108. The number of hydrogen-bond acceptors (Lipinski definition) is 6. The van der Waals surface area contributed by atoms with Crippen molar-refractivity contribution in [3.8, 4) is 0 Å². The number of unbranched alkanes of at least 4 members (excludes halogenated alkanes) is 21. The van der Waals surface area contributed by atoms with Crippen LogP contribution in [0.3, 0.4) is 0 Å². The highest BCUT2D eigenvalue weighted by Crippen LogP contribution is 2.13. The molecule has 0 spiro atoms. The maximum Gasteiger partial charge on any atom is 0.306 e. The summed E-state index contributed by atoms with van der Waals surface area (Å²) in [5, 5.41) is 0. The summed E-state index contributed by atoms with van der Waals surface area (Å²) in [6, 6.07) is 0. The molecule has 0 radical (unpaired) electrons. The standard InChI is InChI=1S/C65H104O6/c1-4-7-10-13-16-19-22-25-28-31-33-35-37-40-43-46-49-52-55-58-64(67)70-61-62(60-69-63(66)57-54-51-48-45-42-39-36-30-27-24-21-18-15-12-9-6-3)71-65(68)59-56-53-50-47-44-41-38-34-32-29-26-23-20-17-14-11-8-5-2/h7,10-11,14,16-17,19-20,23,25-26,28-30,32-36,38,40,43,62H,4-6,8-9,12-13,15,18,21-22,24,27,31,37,39,41-42,44-61H2,1-3H3/b10-7-,14-11-,19-16-,20-17-,26-23-,28-25-,32-29-,35-33-,36-30-,38-34-,43-40-. The van der Waals surface area contributed by atoms with Gasteiger partial charge in [0.15, 0.2) is 6.10 Å². The Balaban J connectivity index is 4.55. The third-order valence-electron chi connectivity index (χ3n) is 11.7. The van der Waals surface area contributed by atoms with Gasteiger partial charge in [0, 0.05) is 19.3 Å². The first kappa shape index (κ1) is 66.6. The van der Waals surface area contributed by atoms with E-state index in [4.69, 9.17) is 14.2 Å². The second-order valence-electron chi connectivity index (χ2n) is 18.6. The zero-order valence-corrected chi connectivity index (χ0v) is 45.7. The van der Waals surface area contributed by atoms with Crippen molar-refractivity contribution in [3.05, 3.63) is 134 Å². The first-order valence-corrected chi connectivity index (χ1v) is 28.8. The number of allylic oxidation sites excluding steroid dienone is 22. The smallest absolute Gasteiger partial charge is 0.306 e. The van der Waals surface area contributed by atoms with Crippen LogP contribution >= 0.6 is 0 Å². The van der Waals surface area contributed by atoms with Crippen LogP contribution in [-0.4, -0.2) is 37.2 Å². The lowest BCUT2D eigenvalue weighted by atomic mass is 10.1. The van der Waals surface area contributed by atoms with Crippen LogP contribution in [0.25, 0.3) is 0 Å². The second kappa shape index (κ2) is 58.1. The number of esters is 3.